The lowest BCUT2D eigenvalue weighted by molar-refractivity contribution is -0.140. The number of nitrogens with zero attached hydrogens (tertiary/aromatic N) is 1. The van der Waals surface area contributed by atoms with Crippen LogP contribution in [0.3, 0.4) is 0 Å². The van der Waals surface area contributed by atoms with Crippen molar-refractivity contribution < 1.29 is 14.3 Å². The van der Waals surface area contributed by atoms with Gasteiger partial charge in [0.25, 0.3) is 0 Å². The molecule has 0 aliphatic heterocycles. The van der Waals surface area contributed by atoms with E-state index < -0.39 is 0 Å². The predicted molar refractivity (Wildman–Crippen MR) is 101 cm³/mol. The van der Waals surface area contributed by atoms with Crippen LogP contribution >= 0.6 is 0 Å². The Balaban J connectivity index is 1.58. The highest BCUT2D eigenvalue weighted by atomic mass is 16.5. The van der Waals surface area contributed by atoms with Gasteiger partial charge < -0.3 is 9.47 Å². The summed E-state index contributed by atoms with van der Waals surface area (Å²) in [5.41, 5.74) is 4.19. The molecule has 1 heterocycles. The van der Waals surface area contributed by atoms with Crippen molar-refractivity contribution in [3.8, 4) is 17.0 Å². The third kappa shape index (κ3) is 4.93. The van der Waals surface area contributed by atoms with Crippen LogP contribution in [0.2, 0.25) is 0 Å². The van der Waals surface area contributed by atoms with E-state index in [1.807, 2.05) is 60.7 Å². The van der Waals surface area contributed by atoms with Crippen LogP contribution in [0.25, 0.3) is 11.3 Å². The summed E-state index contributed by atoms with van der Waals surface area (Å²) < 4.78 is 10.5. The zero-order valence-corrected chi connectivity index (χ0v) is 14.7. The maximum Gasteiger partial charge on any atom is 0.305 e. The van der Waals surface area contributed by atoms with Gasteiger partial charge in [-0.1, -0.05) is 36.4 Å². The zero-order valence-electron chi connectivity index (χ0n) is 14.7. The topological polar surface area (TPSA) is 48.4 Å². The molecular formula is C22H21NO3. The van der Waals surface area contributed by atoms with Crippen LogP contribution in [-0.2, 0) is 22.6 Å². The molecular weight excluding hydrogens is 326 g/mol. The van der Waals surface area contributed by atoms with Crippen LogP contribution in [0.5, 0.6) is 5.75 Å². The molecule has 26 heavy (non-hydrogen) atoms. The number of esters is 1. The summed E-state index contributed by atoms with van der Waals surface area (Å²) >= 11 is 0. The Morgan fingerprint density at radius 3 is 2.54 bits per heavy atom. The molecule has 2 aromatic carbocycles. The molecule has 0 atom stereocenters. The first kappa shape index (κ1) is 17.7. The van der Waals surface area contributed by atoms with Crippen LogP contribution in [0.4, 0.5) is 0 Å². The van der Waals surface area contributed by atoms with Gasteiger partial charge in [-0.15, -0.1) is 0 Å². The maximum absolute atomic E-state index is 11.2. The van der Waals surface area contributed by atoms with E-state index in [2.05, 4.69) is 15.8 Å². The van der Waals surface area contributed by atoms with Crippen molar-refractivity contribution in [2.24, 2.45) is 0 Å². The molecule has 4 nitrogen and oxygen atoms in total. The molecule has 0 unspecified atom stereocenters. The van der Waals surface area contributed by atoms with Crippen LogP contribution in [0.1, 0.15) is 17.5 Å². The van der Waals surface area contributed by atoms with Crippen LogP contribution < -0.4 is 4.74 Å². The fourth-order valence-electron chi connectivity index (χ4n) is 2.62. The minimum atomic E-state index is -0.196. The maximum atomic E-state index is 11.2. The Hall–Kier alpha value is -3.14. The summed E-state index contributed by atoms with van der Waals surface area (Å²) in [6.07, 6.45) is 2.84. The van der Waals surface area contributed by atoms with E-state index in [0.29, 0.717) is 19.4 Å². The highest BCUT2D eigenvalue weighted by molar-refractivity contribution is 5.69. The van der Waals surface area contributed by atoms with Gasteiger partial charge in [0.1, 0.15) is 12.4 Å². The molecule has 132 valence electrons. The summed E-state index contributed by atoms with van der Waals surface area (Å²) in [7, 11) is 1.40. The summed E-state index contributed by atoms with van der Waals surface area (Å²) in [4.78, 5) is 15.6. The Morgan fingerprint density at radius 1 is 0.962 bits per heavy atom. The molecule has 1 aromatic heterocycles. The van der Waals surface area contributed by atoms with Crippen molar-refractivity contribution in [3.05, 3.63) is 84.1 Å². The van der Waals surface area contributed by atoms with Crippen LogP contribution in [0.15, 0.2) is 72.9 Å². The average molecular weight is 347 g/mol. The quantitative estimate of drug-likeness (QED) is 0.593. The van der Waals surface area contributed by atoms with Gasteiger partial charge in [-0.2, -0.15) is 0 Å². The van der Waals surface area contributed by atoms with Crippen molar-refractivity contribution in [1.82, 2.24) is 4.98 Å². The van der Waals surface area contributed by atoms with Gasteiger partial charge in [-0.05, 0) is 47.9 Å². The van der Waals surface area contributed by atoms with E-state index in [0.717, 1.165) is 28.1 Å². The summed E-state index contributed by atoms with van der Waals surface area (Å²) in [6.45, 7) is 0.488. The smallest absolute Gasteiger partial charge is 0.305 e. The number of hydrogen-bond donors (Lipinski definition) is 0. The fourth-order valence-corrected chi connectivity index (χ4v) is 2.62. The molecule has 0 saturated carbocycles. The third-order valence-electron chi connectivity index (χ3n) is 4.06. The first-order chi connectivity index (χ1) is 12.7. The number of methoxy groups -OCH3 is 1. The molecule has 3 rings (SSSR count). The van der Waals surface area contributed by atoms with Gasteiger partial charge in [0.2, 0.25) is 0 Å². The summed E-state index contributed by atoms with van der Waals surface area (Å²) in [6, 6.07) is 21.9. The normalized spacial score (nSPS) is 10.3. The number of aromatic nitrogens is 1. The van der Waals surface area contributed by atoms with E-state index in [1.165, 1.54) is 7.11 Å². The first-order valence-corrected chi connectivity index (χ1v) is 8.53. The molecule has 0 aliphatic rings. The summed E-state index contributed by atoms with van der Waals surface area (Å²) in [5.74, 6) is 0.605. The highest BCUT2D eigenvalue weighted by Gasteiger charge is 2.03. The van der Waals surface area contributed by atoms with Gasteiger partial charge in [-0.3, -0.25) is 9.78 Å². The molecule has 0 fully saturated rings. The highest BCUT2D eigenvalue weighted by Crippen LogP contribution is 2.20. The Kier molecular flexibility index (Phi) is 5.99. The van der Waals surface area contributed by atoms with Gasteiger partial charge in [0.05, 0.1) is 12.8 Å². The Labute approximate surface area is 153 Å². The molecule has 0 bridgehead atoms. The molecule has 0 amide bonds. The number of carbonyl (C=O) groups is 1. The van der Waals surface area contributed by atoms with E-state index in [-0.39, 0.29) is 5.97 Å². The SMILES string of the molecule is COC(=O)CCc1ccc(OCc2cccc(-c3ccccn3)c2)cc1. The van der Waals surface area contributed by atoms with Crippen LogP contribution in [-0.4, -0.2) is 18.1 Å². The molecule has 0 N–H and O–H groups in total. The fraction of sp³-hybridized carbons (Fsp3) is 0.182. The zero-order chi connectivity index (χ0) is 18.2. The van der Waals surface area contributed by atoms with Crippen molar-refractivity contribution in [3.63, 3.8) is 0 Å². The molecule has 0 saturated heterocycles. The number of ether oxygens (including phenoxy) is 2. The lowest BCUT2D eigenvalue weighted by Crippen LogP contribution is -2.02. The molecule has 3 aromatic rings. The Morgan fingerprint density at radius 2 is 1.81 bits per heavy atom. The lowest BCUT2D eigenvalue weighted by Gasteiger charge is -2.09. The number of hydrogen-bond acceptors (Lipinski definition) is 4. The van der Waals surface area contributed by atoms with Gasteiger partial charge in [0.15, 0.2) is 0 Å². The van der Waals surface area contributed by atoms with E-state index >= 15 is 0 Å². The molecule has 0 spiro atoms. The van der Waals surface area contributed by atoms with E-state index in [9.17, 15) is 4.79 Å². The lowest BCUT2D eigenvalue weighted by atomic mass is 10.1. The van der Waals surface area contributed by atoms with Gasteiger partial charge >= 0.3 is 5.97 Å². The van der Waals surface area contributed by atoms with E-state index in [4.69, 9.17) is 4.74 Å². The monoisotopic (exact) mass is 347 g/mol. The second-order valence-corrected chi connectivity index (χ2v) is 5.92. The number of benzene rings is 2. The van der Waals surface area contributed by atoms with E-state index in [1.54, 1.807) is 6.20 Å². The van der Waals surface area contributed by atoms with Crippen molar-refractivity contribution >= 4 is 5.97 Å². The number of pyridine rings is 1. The minimum Gasteiger partial charge on any atom is -0.489 e. The number of carbonyl (C=O) groups excluding carboxylic acids is 1. The van der Waals surface area contributed by atoms with Crippen molar-refractivity contribution in [2.75, 3.05) is 7.11 Å². The molecule has 0 radical (unpaired) electrons. The third-order valence-corrected chi connectivity index (χ3v) is 4.06. The number of rotatable bonds is 7. The second kappa shape index (κ2) is 8.81. The minimum absolute atomic E-state index is 0.196. The van der Waals surface area contributed by atoms with Crippen molar-refractivity contribution in [1.29, 1.82) is 0 Å². The van der Waals surface area contributed by atoms with Gasteiger partial charge in [-0.25, -0.2) is 0 Å². The predicted octanol–water partition coefficient (Wildman–Crippen LogP) is 4.43. The molecule has 4 heteroatoms. The largest absolute Gasteiger partial charge is 0.489 e. The number of aryl methyl sites for hydroxylation is 1. The van der Waals surface area contributed by atoms with Gasteiger partial charge in [0, 0.05) is 18.2 Å². The average Bonchev–Trinajstić information content (AvgIpc) is 2.72. The molecule has 0 aliphatic carbocycles. The second-order valence-electron chi connectivity index (χ2n) is 5.92. The van der Waals surface area contributed by atoms with Crippen LogP contribution in [0, 0.1) is 0 Å². The van der Waals surface area contributed by atoms with Crippen molar-refractivity contribution in [2.45, 2.75) is 19.4 Å². The summed E-state index contributed by atoms with van der Waals surface area (Å²) in [5, 5.41) is 0. The Bertz CT molecular complexity index is 845. The standard InChI is InChI=1S/C22H21NO3/c1-25-22(24)13-10-17-8-11-20(12-9-17)26-16-18-5-4-6-19(15-18)21-7-2-3-14-23-21/h2-9,11-12,14-15H,10,13,16H2,1H3. The first-order valence-electron chi connectivity index (χ1n) is 8.53.